The number of nitrogen functional groups attached to an aromatic ring is 1. The van der Waals surface area contributed by atoms with Crippen LogP contribution in [0.5, 0.6) is 0 Å². The van der Waals surface area contributed by atoms with Crippen LogP contribution in [0.2, 0.25) is 0 Å². The number of esters is 1. The van der Waals surface area contributed by atoms with Gasteiger partial charge in [-0.1, -0.05) is 37.3 Å². The van der Waals surface area contributed by atoms with E-state index in [1.54, 1.807) is 26.0 Å². The number of carbonyl (C=O) groups is 2. The Hall–Kier alpha value is -3.16. The maximum absolute atomic E-state index is 12.6. The van der Waals surface area contributed by atoms with Crippen LogP contribution >= 0.6 is 0 Å². The number of aromatic nitrogens is 2. The lowest BCUT2D eigenvalue weighted by Crippen LogP contribution is -2.44. The van der Waals surface area contributed by atoms with E-state index in [0.29, 0.717) is 6.42 Å². The van der Waals surface area contributed by atoms with Crippen molar-refractivity contribution in [2.45, 2.75) is 39.8 Å². The molecule has 0 saturated heterocycles. The summed E-state index contributed by atoms with van der Waals surface area (Å²) < 4.78 is 7.02. The van der Waals surface area contributed by atoms with Gasteiger partial charge in [-0.15, -0.1) is 0 Å². The third-order valence-electron chi connectivity index (χ3n) is 4.06. The van der Waals surface area contributed by atoms with Crippen molar-refractivity contribution in [3.63, 3.8) is 0 Å². The number of ketones is 1. The van der Waals surface area contributed by atoms with Gasteiger partial charge in [-0.3, -0.25) is 23.5 Å². The number of ether oxygens (including phenoxy) is 1. The largest absolute Gasteiger partial charge is 0.457 e. The smallest absolute Gasteiger partial charge is 0.332 e. The first-order valence-electron chi connectivity index (χ1n) is 8.76. The molecule has 0 atom stereocenters. The lowest BCUT2D eigenvalue weighted by Gasteiger charge is -2.15. The molecule has 2 aromatic rings. The summed E-state index contributed by atoms with van der Waals surface area (Å²) in [6.07, 6.45) is 0.759. The van der Waals surface area contributed by atoms with E-state index >= 15 is 0 Å². The Morgan fingerprint density at radius 2 is 1.74 bits per heavy atom. The fourth-order valence-electron chi connectivity index (χ4n) is 2.67. The van der Waals surface area contributed by atoms with Crippen molar-refractivity contribution in [3.05, 3.63) is 62.3 Å². The summed E-state index contributed by atoms with van der Waals surface area (Å²) in [7, 11) is 0. The van der Waals surface area contributed by atoms with E-state index < -0.39 is 29.6 Å². The van der Waals surface area contributed by atoms with Gasteiger partial charge >= 0.3 is 11.7 Å². The minimum Gasteiger partial charge on any atom is -0.457 e. The summed E-state index contributed by atoms with van der Waals surface area (Å²) in [6, 6.07) is 9.07. The maximum atomic E-state index is 12.6. The molecular formula is C19H23N3O5. The number of hydrogen-bond donors (Lipinski definition) is 1. The Kier molecular flexibility index (Phi) is 6.70. The third kappa shape index (κ3) is 4.52. The molecule has 0 amide bonds. The first-order chi connectivity index (χ1) is 12.9. The number of carbonyl (C=O) groups excluding carboxylic acids is 2. The first kappa shape index (κ1) is 20.2. The van der Waals surface area contributed by atoms with Crippen LogP contribution in [0.25, 0.3) is 0 Å². The molecule has 27 heavy (non-hydrogen) atoms. The molecule has 0 bridgehead atoms. The van der Waals surface area contributed by atoms with Crippen molar-refractivity contribution in [1.82, 2.24) is 9.13 Å². The minimum absolute atomic E-state index is 0.0860. The average molecular weight is 373 g/mol. The zero-order valence-corrected chi connectivity index (χ0v) is 15.4. The number of rotatable bonds is 8. The SMILES string of the molecule is CCCC(=O)OCC(=O)c1c(N)n(Cc2ccccc2)c(=O)n(CC)c1=O. The van der Waals surface area contributed by atoms with Gasteiger partial charge in [-0.25, -0.2) is 4.79 Å². The van der Waals surface area contributed by atoms with E-state index in [0.717, 1.165) is 10.1 Å². The molecule has 0 spiro atoms. The van der Waals surface area contributed by atoms with Crippen LogP contribution in [0.3, 0.4) is 0 Å². The fourth-order valence-corrected chi connectivity index (χ4v) is 2.67. The zero-order valence-electron chi connectivity index (χ0n) is 15.4. The quantitative estimate of drug-likeness (QED) is 0.549. The van der Waals surface area contributed by atoms with E-state index in [1.165, 1.54) is 4.57 Å². The summed E-state index contributed by atoms with van der Waals surface area (Å²) >= 11 is 0. The van der Waals surface area contributed by atoms with Gasteiger partial charge in [0.1, 0.15) is 11.4 Å². The normalized spacial score (nSPS) is 10.6. The van der Waals surface area contributed by atoms with Gasteiger partial charge in [-0.2, -0.15) is 0 Å². The molecule has 144 valence electrons. The summed E-state index contributed by atoms with van der Waals surface area (Å²) in [5.41, 5.74) is 5.10. The van der Waals surface area contributed by atoms with Gasteiger partial charge in [0.05, 0.1) is 6.54 Å². The fraction of sp³-hybridized carbons (Fsp3) is 0.368. The molecule has 0 aliphatic heterocycles. The topological polar surface area (TPSA) is 113 Å². The van der Waals surface area contributed by atoms with Crippen LogP contribution in [0.4, 0.5) is 5.82 Å². The Labute approximate surface area is 156 Å². The standard InChI is InChI=1S/C19H23N3O5/c1-3-8-15(24)27-12-14(23)16-17(20)22(11-13-9-6-5-7-10-13)19(26)21(4-2)18(16)25/h5-7,9-10H,3-4,8,11-12,20H2,1-2H3. The van der Waals surface area contributed by atoms with Crippen LogP contribution in [0.15, 0.2) is 39.9 Å². The Morgan fingerprint density at radius 1 is 1.07 bits per heavy atom. The minimum atomic E-state index is -0.777. The Bertz CT molecular complexity index is 944. The van der Waals surface area contributed by atoms with Crippen molar-refractivity contribution in [2.24, 2.45) is 0 Å². The molecule has 2 N–H and O–H groups in total. The molecule has 1 aromatic heterocycles. The van der Waals surface area contributed by atoms with E-state index in [9.17, 15) is 19.2 Å². The molecule has 1 aromatic carbocycles. The predicted octanol–water partition coefficient (Wildman–Crippen LogP) is 1.19. The van der Waals surface area contributed by atoms with E-state index in [4.69, 9.17) is 10.5 Å². The number of nitrogens with two attached hydrogens (primary N) is 1. The van der Waals surface area contributed by atoms with Gasteiger partial charge in [0.15, 0.2) is 6.61 Å². The number of benzene rings is 1. The molecule has 2 rings (SSSR count). The molecule has 0 aliphatic rings. The number of hydrogen-bond acceptors (Lipinski definition) is 6. The lowest BCUT2D eigenvalue weighted by molar-refractivity contribution is -0.142. The molecule has 0 radical (unpaired) electrons. The highest BCUT2D eigenvalue weighted by Crippen LogP contribution is 2.10. The molecule has 8 nitrogen and oxygen atoms in total. The van der Waals surface area contributed by atoms with Crippen molar-refractivity contribution >= 4 is 17.6 Å². The van der Waals surface area contributed by atoms with E-state index in [-0.39, 0.29) is 30.9 Å². The van der Waals surface area contributed by atoms with Crippen LogP contribution in [0, 0.1) is 0 Å². The van der Waals surface area contributed by atoms with Crippen LogP contribution in [-0.4, -0.2) is 27.5 Å². The van der Waals surface area contributed by atoms with Gasteiger partial charge in [0, 0.05) is 13.0 Å². The van der Waals surface area contributed by atoms with Gasteiger partial charge in [0.2, 0.25) is 5.78 Å². The number of Topliss-reactive ketones (excluding diaryl/α,β-unsaturated/α-hetero) is 1. The second-order valence-corrected chi connectivity index (χ2v) is 6.00. The maximum Gasteiger partial charge on any atom is 0.332 e. The van der Waals surface area contributed by atoms with Crippen LogP contribution in [0.1, 0.15) is 42.6 Å². The third-order valence-corrected chi connectivity index (χ3v) is 4.06. The second kappa shape index (κ2) is 8.98. The van der Waals surface area contributed by atoms with E-state index in [2.05, 4.69) is 0 Å². The highest BCUT2D eigenvalue weighted by atomic mass is 16.5. The molecular weight excluding hydrogens is 350 g/mol. The van der Waals surface area contributed by atoms with E-state index in [1.807, 2.05) is 18.2 Å². The highest BCUT2D eigenvalue weighted by molar-refractivity contribution is 6.01. The average Bonchev–Trinajstić information content (AvgIpc) is 2.65. The number of nitrogens with zero attached hydrogens (tertiary/aromatic N) is 2. The Balaban J connectivity index is 2.46. The van der Waals surface area contributed by atoms with Crippen molar-refractivity contribution < 1.29 is 14.3 Å². The van der Waals surface area contributed by atoms with Crippen molar-refractivity contribution in [2.75, 3.05) is 12.3 Å². The highest BCUT2D eigenvalue weighted by Gasteiger charge is 2.23. The number of anilines is 1. The molecule has 0 unspecified atom stereocenters. The molecule has 1 heterocycles. The summed E-state index contributed by atoms with van der Waals surface area (Å²) in [5.74, 6) is -1.49. The van der Waals surface area contributed by atoms with Crippen LogP contribution < -0.4 is 17.0 Å². The molecule has 0 saturated carbocycles. The zero-order chi connectivity index (χ0) is 20.0. The summed E-state index contributed by atoms with van der Waals surface area (Å²) in [5, 5.41) is 0. The van der Waals surface area contributed by atoms with Gasteiger partial charge in [0.25, 0.3) is 5.56 Å². The molecule has 0 fully saturated rings. The molecule has 0 aliphatic carbocycles. The summed E-state index contributed by atoms with van der Waals surface area (Å²) in [6.45, 7) is 3.04. The van der Waals surface area contributed by atoms with Crippen molar-refractivity contribution in [3.8, 4) is 0 Å². The monoisotopic (exact) mass is 373 g/mol. The van der Waals surface area contributed by atoms with Crippen LogP contribution in [-0.2, 0) is 22.6 Å². The first-order valence-corrected chi connectivity index (χ1v) is 8.76. The second-order valence-electron chi connectivity index (χ2n) is 6.00. The van der Waals surface area contributed by atoms with Crippen molar-refractivity contribution in [1.29, 1.82) is 0 Å². The molecule has 8 heteroatoms. The predicted molar refractivity (Wildman–Crippen MR) is 101 cm³/mol. The lowest BCUT2D eigenvalue weighted by atomic mass is 10.2. The summed E-state index contributed by atoms with van der Waals surface area (Å²) in [4.78, 5) is 49.2. The Morgan fingerprint density at radius 3 is 2.33 bits per heavy atom. The van der Waals surface area contributed by atoms with Gasteiger partial charge < -0.3 is 10.5 Å². The van der Waals surface area contributed by atoms with Gasteiger partial charge in [-0.05, 0) is 18.9 Å².